The van der Waals surface area contributed by atoms with Crippen LogP contribution in [0.1, 0.15) is 27.5 Å². The Kier molecular flexibility index (Phi) is 5.42. The number of benzene rings is 3. The van der Waals surface area contributed by atoms with Gasteiger partial charge in [0.1, 0.15) is 6.04 Å². The number of rotatable bonds is 6. The van der Waals surface area contributed by atoms with E-state index in [1.807, 2.05) is 54.6 Å². The first-order valence-corrected chi connectivity index (χ1v) is 9.28. The molecule has 3 aromatic rings. The molecule has 1 unspecified atom stereocenters. The first-order valence-electron chi connectivity index (χ1n) is 9.28. The van der Waals surface area contributed by atoms with E-state index >= 15 is 0 Å². The van der Waals surface area contributed by atoms with Crippen molar-refractivity contribution in [3.8, 4) is 11.5 Å². The number of carbonyl (C=O) groups excluding carboxylic acids is 2. The van der Waals surface area contributed by atoms with E-state index in [2.05, 4.69) is 10.6 Å². The van der Waals surface area contributed by atoms with Crippen LogP contribution in [0.5, 0.6) is 11.5 Å². The summed E-state index contributed by atoms with van der Waals surface area (Å²) in [6.45, 7) is 0.507. The third-order valence-electron chi connectivity index (χ3n) is 4.61. The van der Waals surface area contributed by atoms with Crippen LogP contribution in [-0.2, 0) is 11.3 Å². The van der Waals surface area contributed by atoms with Gasteiger partial charge in [0.05, 0.1) is 0 Å². The van der Waals surface area contributed by atoms with Crippen molar-refractivity contribution in [3.63, 3.8) is 0 Å². The van der Waals surface area contributed by atoms with Crippen LogP contribution in [0.3, 0.4) is 0 Å². The minimum Gasteiger partial charge on any atom is -0.454 e. The summed E-state index contributed by atoms with van der Waals surface area (Å²) in [5.74, 6) is 0.752. The number of hydrogen-bond acceptors (Lipinski definition) is 4. The molecule has 3 aromatic carbocycles. The smallest absolute Gasteiger partial charge is 0.252 e. The lowest BCUT2D eigenvalue weighted by Gasteiger charge is -2.19. The second kappa shape index (κ2) is 8.48. The summed E-state index contributed by atoms with van der Waals surface area (Å²) < 4.78 is 10.7. The monoisotopic (exact) mass is 388 g/mol. The van der Waals surface area contributed by atoms with Crippen LogP contribution in [0, 0.1) is 0 Å². The van der Waals surface area contributed by atoms with Gasteiger partial charge in [-0.1, -0.05) is 54.6 Å². The SMILES string of the molecule is O=C(NC(C(=O)NCc1ccc2c(c1)OCO2)c1ccccc1)c1ccccc1. The molecule has 4 rings (SSSR count). The molecule has 0 bridgehead atoms. The number of fused-ring (bicyclic) bond motifs is 1. The maximum absolute atomic E-state index is 12.9. The average Bonchev–Trinajstić information content (AvgIpc) is 3.25. The third-order valence-corrected chi connectivity index (χ3v) is 4.61. The Morgan fingerprint density at radius 1 is 0.862 bits per heavy atom. The fourth-order valence-electron chi connectivity index (χ4n) is 3.09. The number of carbonyl (C=O) groups is 2. The molecule has 0 fully saturated rings. The fourth-order valence-corrected chi connectivity index (χ4v) is 3.09. The number of amides is 2. The Bertz CT molecular complexity index is 1010. The summed E-state index contributed by atoms with van der Waals surface area (Å²) in [6.07, 6.45) is 0. The van der Waals surface area contributed by atoms with E-state index in [0.717, 1.165) is 5.56 Å². The molecule has 146 valence electrons. The van der Waals surface area contributed by atoms with E-state index in [4.69, 9.17) is 9.47 Å². The van der Waals surface area contributed by atoms with Gasteiger partial charge in [-0.15, -0.1) is 0 Å². The predicted molar refractivity (Wildman–Crippen MR) is 108 cm³/mol. The lowest BCUT2D eigenvalue weighted by Crippen LogP contribution is -2.40. The molecule has 6 nitrogen and oxygen atoms in total. The van der Waals surface area contributed by atoms with Gasteiger partial charge < -0.3 is 20.1 Å². The minimum absolute atomic E-state index is 0.201. The van der Waals surface area contributed by atoms with Gasteiger partial charge in [-0.25, -0.2) is 0 Å². The van der Waals surface area contributed by atoms with Crippen LogP contribution in [0.25, 0.3) is 0 Å². The molecular weight excluding hydrogens is 368 g/mol. The first kappa shape index (κ1) is 18.6. The summed E-state index contributed by atoms with van der Waals surface area (Å²) in [4.78, 5) is 25.5. The van der Waals surface area contributed by atoms with Gasteiger partial charge in [0.15, 0.2) is 11.5 Å². The van der Waals surface area contributed by atoms with Crippen LogP contribution in [0.2, 0.25) is 0 Å². The van der Waals surface area contributed by atoms with E-state index in [1.165, 1.54) is 0 Å². The van der Waals surface area contributed by atoms with Crippen molar-refractivity contribution >= 4 is 11.8 Å². The van der Waals surface area contributed by atoms with Crippen molar-refractivity contribution in [2.75, 3.05) is 6.79 Å². The van der Waals surface area contributed by atoms with Gasteiger partial charge >= 0.3 is 0 Å². The third kappa shape index (κ3) is 4.38. The van der Waals surface area contributed by atoms with Crippen LogP contribution < -0.4 is 20.1 Å². The Labute approximate surface area is 168 Å². The molecule has 0 aliphatic carbocycles. The van der Waals surface area contributed by atoms with Crippen LogP contribution in [0.15, 0.2) is 78.9 Å². The zero-order chi connectivity index (χ0) is 20.1. The van der Waals surface area contributed by atoms with Crippen molar-refractivity contribution in [1.82, 2.24) is 10.6 Å². The molecule has 1 atom stereocenters. The summed E-state index contributed by atoms with van der Waals surface area (Å²) >= 11 is 0. The van der Waals surface area contributed by atoms with Crippen molar-refractivity contribution in [2.24, 2.45) is 0 Å². The average molecular weight is 388 g/mol. The van der Waals surface area contributed by atoms with Crippen molar-refractivity contribution < 1.29 is 19.1 Å². The number of nitrogens with one attached hydrogen (secondary N) is 2. The molecule has 1 aliphatic rings. The van der Waals surface area contributed by atoms with Crippen LogP contribution >= 0.6 is 0 Å². The molecule has 29 heavy (non-hydrogen) atoms. The second-order valence-corrected chi connectivity index (χ2v) is 6.59. The van der Waals surface area contributed by atoms with E-state index in [0.29, 0.717) is 29.2 Å². The number of ether oxygens (including phenoxy) is 2. The van der Waals surface area contributed by atoms with Gasteiger partial charge in [0.2, 0.25) is 12.7 Å². The van der Waals surface area contributed by atoms with Crippen molar-refractivity contribution in [2.45, 2.75) is 12.6 Å². The second-order valence-electron chi connectivity index (χ2n) is 6.59. The topological polar surface area (TPSA) is 76.7 Å². The first-order chi connectivity index (χ1) is 14.2. The van der Waals surface area contributed by atoms with Gasteiger partial charge in [0.25, 0.3) is 5.91 Å². The largest absolute Gasteiger partial charge is 0.454 e. The summed E-state index contributed by atoms with van der Waals surface area (Å²) in [7, 11) is 0. The molecule has 2 amide bonds. The Balaban J connectivity index is 1.48. The van der Waals surface area contributed by atoms with Crippen LogP contribution in [-0.4, -0.2) is 18.6 Å². The molecule has 2 N–H and O–H groups in total. The standard InChI is InChI=1S/C23H20N2O4/c26-22(18-9-5-2-6-10-18)25-21(17-7-3-1-4-8-17)23(27)24-14-16-11-12-19-20(13-16)29-15-28-19/h1-13,21H,14-15H2,(H,24,27)(H,25,26). The predicted octanol–water partition coefficient (Wildman–Crippen LogP) is 3.20. The molecule has 0 radical (unpaired) electrons. The van der Waals surface area contributed by atoms with Crippen molar-refractivity contribution in [1.29, 1.82) is 0 Å². The summed E-state index contributed by atoms with van der Waals surface area (Å²) in [5, 5.41) is 5.73. The lowest BCUT2D eigenvalue weighted by molar-refractivity contribution is -0.123. The quantitative estimate of drug-likeness (QED) is 0.680. The zero-order valence-electron chi connectivity index (χ0n) is 15.6. The van der Waals surface area contributed by atoms with E-state index in [9.17, 15) is 9.59 Å². The Hall–Kier alpha value is -3.80. The molecule has 1 heterocycles. The van der Waals surface area contributed by atoms with E-state index < -0.39 is 6.04 Å². The molecule has 0 saturated heterocycles. The van der Waals surface area contributed by atoms with Crippen molar-refractivity contribution in [3.05, 3.63) is 95.6 Å². The minimum atomic E-state index is -0.807. The van der Waals surface area contributed by atoms with E-state index in [1.54, 1.807) is 24.3 Å². The highest BCUT2D eigenvalue weighted by Gasteiger charge is 2.23. The summed E-state index contributed by atoms with van der Waals surface area (Å²) in [6, 6.07) is 22.7. The number of hydrogen-bond donors (Lipinski definition) is 2. The maximum atomic E-state index is 12.9. The van der Waals surface area contributed by atoms with Gasteiger partial charge in [-0.3, -0.25) is 9.59 Å². The normalized spacial score (nSPS) is 12.8. The molecule has 0 spiro atoms. The highest BCUT2D eigenvalue weighted by molar-refractivity contribution is 5.97. The highest BCUT2D eigenvalue weighted by Crippen LogP contribution is 2.32. The summed E-state index contributed by atoms with van der Waals surface area (Å²) in [5.41, 5.74) is 2.08. The highest BCUT2D eigenvalue weighted by atomic mass is 16.7. The maximum Gasteiger partial charge on any atom is 0.252 e. The Morgan fingerprint density at radius 2 is 1.55 bits per heavy atom. The Morgan fingerprint density at radius 3 is 2.31 bits per heavy atom. The van der Waals surface area contributed by atoms with Gasteiger partial charge in [0, 0.05) is 12.1 Å². The molecule has 0 saturated carbocycles. The molecule has 0 aromatic heterocycles. The lowest BCUT2D eigenvalue weighted by atomic mass is 10.0. The molecular formula is C23H20N2O4. The van der Waals surface area contributed by atoms with Crippen LogP contribution in [0.4, 0.5) is 0 Å². The van der Waals surface area contributed by atoms with E-state index in [-0.39, 0.29) is 18.6 Å². The zero-order valence-corrected chi connectivity index (χ0v) is 15.6. The van der Waals surface area contributed by atoms with Gasteiger partial charge in [-0.05, 0) is 35.4 Å². The fraction of sp³-hybridized carbons (Fsp3) is 0.130. The molecule has 6 heteroatoms. The molecule has 1 aliphatic heterocycles. The van der Waals surface area contributed by atoms with Gasteiger partial charge in [-0.2, -0.15) is 0 Å².